The van der Waals surface area contributed by atoms with Gasteiger partial charge in [0.1, 0.15) is 13.2 Å². The first-order valence-corrected chi connectivity index (χ1v) is 23.9. The Balaban J connectivity index is 4.47. The van der Waals surface area contributed by atoms with Gasteiger partial charge in [0.25, 0.3) is 0 Å². The minimum atomic E-state index is -0.796. The van der Waals surface area contributed by atoms with Crippen LogP contribution in [0, 0.1) is 0 Å². The number of unbranched alkanes of at least 4 members (excludes halogenated alkanes) is 19. The molecule has 0 aliphatic carbocycles. The lowest BCUT2D eigenvalue weighted by molar-refractivity contribution is -0.167. The van der Waals surface area contributed by atoms with Crippen LogP contribution in [-0.2, 0) is 28.6 Å². The zero-order valence-corrected chi connectivity index (χ0v) is 37.8. The number of carbonyl (C=O) groups excluding carboxylic acids is 3. The molecule has 0 aliphatic heterocycles. The molecule has 0 aromatic heterocycles. The molecule has 1 atom stereocenters. The lowest BCUT2D eigenvalue weighted by Crippen LogP contribution is -2.30. The minimum Gasteiger partial charge on any atom is -0.462 e. The summed E-state index contributed by atoms with van der Waals surface area (Å²) in [5.41, 5.74) is 0. The molecular weight excluding hydrogens is 721 g/mol. The molecule has 6 heteroatoms. The maximum Gasteiger partial charge on any atom is 0.306 e. The van der Waals surface area contributed by atoms with E-state index in [2.05, 4.69) is 93.7 Å². The highest BCUT2D eigenvalue weighted by atomic mass is 16.6. The molecule has 332 valence electrons. The summed E-state index contributed by atoms with van der Waals surface area (Å²) in [4.78, 5) is 37.8. The van der Waals surface area contributed by atoms with Gasteiger partial charge >= 0.3 is 17.9 Å². The second-order valence-electron chi connectivity index (χ2n) is 15.6. The molecule has 0 spiro atoms. The number of allylic oxidation sites excluding steroid dienone is 12. The summed E-state index contributed by atoms with van der Waals surface area (Å²) in [6.07, 6.45) is 57.4. The molecule has 0 heterocycles. The third-order valence-corrected chi connectivity index (χ3v) is 9.95. The molecule has 6 nitrogen and oxygen atoms in total. The normalized spacial score (nSPS) is 12.7. The van der Waals surface area contributed by atoms with Crippen LogP contribution in [0.25, 0.3) is 0 Å². The summed E-state index contributed by atoms with van der Waals surface area (Å²) in [5.74, 6) is -0.955. The van der Waals surface area contributed by atoms with Gasteiger partial charge in [-0.3, -0.25) is 14.4 Å². The minimum absolute atomic E-state index is 0.0936. The van der Waals surface area contributed by atoms with Crippen LogP contribution in [0.2, 0.25) is 0 Å². The van der Waals surface area contributed by atoms with Crippen molar-refractivity contribution in [3.05, 3.63) is 72.9 Å². The fourth-order valence-electron chi connectivity index (χ4n) is 6.34. The molecule has 58 heavy (non-hydrogen) atoms. The molecule has 0 amide bonds. The van der Waals surface area contributed by atoms with Gasteiger partial charge in [-0.2, -0.15) is 0 Å². The Bertz CT molecular complexity index is 1110. The van der Waals surface area contributed by atoms with Crippen molar-refractivity contribution >= 4 is 17.9 Å². The lowest BCUT2D eigenvalue weighted by Gasteiger charge is -2.18. The van der Waals surface area contributed by atoms with Crippen LogP contribution < -0.4 is 0 Å². The van der Waals surface area contributed by atoms with Gasteiger partial charge < -0.3 is 14.2 Å². The van der Waals surface area contributed by atoms with Gasteiger partial charge in [0, 0.05) is 19.3 Å². The van der Waals surface area contributed by atoms with Crippen molar-refractivity contribution in [1.82, 2.24) is 0 Å². The summed E-state index contributed by atoms with van der Waals surface area (Å²) in [6.45, 7) is 6.42. The van der Waals surface area contributed by atoms with Crippen LogP contribution in [0.3, 0.4) is 0 Å². The number of hydrogen-bond donors (Lipinski definition) is 0. The molecule has 1 unspecified atom stereocenters. The largest absolute Gasteiger partial charge is 0.462 e. The predicted octanol–water partition coefficient (Wildman–Crippen LogP) is 15.5. The fourth-order valence-corrected chi connectivity index (χ4v) is 6.34. The Hall–Kier alpha value is -3.15. The third-order valence-electron chi connectivity index (χ3n) is 9.95. The number of hydrogen-bond acceptors (Lipinski definition) is 6. The van der Waals surface area contributed by atoms with Crippen LogP contribution in [0.15, 0.2) is 72.9 Å². The standard InChI is InChI=1S/C52H88O6/c1-4-7-10-13-16-19-22-24-26-28-30-33-36-39-42-45-51(54)57-48-49(47-56-50(53)44-41-38-35-32-21-18-15-12-9-6-3)58-52(55)46-43-40-37-34-31-29-27-25-23-20-17-14-11-8-5-2/h7,10,16-17,19-20,24-27,30,33,49H,4-6,8-9,11-15,18,21-23,28-29,31-32,34-48H2,1-3H3/b10-7-,19-16-,20-17-,26-24-,27-25-,33-30-. The fraction of sp³-hybridized carbons (Fsp3) is 0.712. The average Bonchev–Trinajstić information content (AvgIpc) is 3.22. The molecule has 0 saturated carbocycles. The molecule has 0 saturated heterocycles. The first kappa shape index (κ1) is 54.9. The van der Waals surface area contributed by atoms with Crippen molar-refractivity contribution < 1.29 is 28.6 Å². The Morgan fingerprint density at radius 2 is 0.672 bits per heavy atom. The van der Waals surface area contributed by atoms with Gasteiger partial charge in [0.2, 0.25) is 0 Å². The molecule has 0 aromatic rings. The summed E-state index contributed by atoms with van der Waals surface area (Å²) in [5, 5.41) is 0. The first-order chi connectivity index (χ1) is 28.5. The van der Waals surface area contributed by atoms with E-state index in [-0.39, 0.29) is 31.1 Å². The average molecular weight is 809 g/mol. The topological polar surface area (TPSA) is 78.9 Å². The van der Waals surface area contributed by atoms with Crippen molar-refractivity contribution in [2.75, 3.05) is 13.2 Å². The van der Waals surface area contributed by atoms with Crippen molar-refractivity contribution in [1.29, 1.82) is 0 Å². The van der Waals surface area contributed by atoms with Crippen LogP contribution in [-0.4, -0.2) is 37.2 Å². The van der Waals surface area contributed by atoms with Gasteiger partial charge in [-0.15, -0.1) is 0 Å². The van der Waals surface area contributed by atoms with E-state index in [0.29, 0.717) is 19.3 Å². The Labute approximate surface area is 357 Å². The van der Waals surface area contributed by atoms with Gasteiger partial charge in [-0.1, -0.05) is 184 Å². The molecule has 0 bridgehead atoms. The summed E-state index contributed by atoms with van der Waals surface area (Å²) >= 11 is 0. The Morgan fingerprint density at radius 1 is 0.362 bits per heavy atom. The maximum absolute atomic E-state index is 12.7. The highest BCUT2D eigenvalue weighted by Crippen LogP contribution is 2.13. The van der Waals surface area contributed by atoms with Crippen molar-refractivity contribution in [3.8, 4) is 0 Å². The van der Waals surface area contributed by atoms with Crippen molar-refractivity contribution in [2.24, 2.45) is 0 Å². The number of carbonyl (C=O) groups is 3. The summed E-state index contributed by atoms with van der Waals surface area (Å²) in [6, 6.07) is 0. The number of rotatable bonds is 42. The molecule has 0 rings (SSSR count). The summed E-state index contributed by atoms with van der Waals surface area (Å²) in [7, 11) is 0. The van der Waals surface area contributed by atoms with Gasteiger partial charge in [0.15, 0.2) is 6.10 Å². The van der Waals surface area contributed by atoms with E-state index in [9.17, 15) is 14.4 Å². The predicted molar refractivity (Wildman–Crippen MR) is 247 cm³/mol. The van der Waals surface area contributed by atoms with E-state index < -0.39 is 6.10 Å². The summed E-state index contributed by atoms with van der Waals surface area (Å²) < 4.78 is 16.7. The molecule has 0 N–H and O–H groups in total. The SMILES string of the molecule is CC/C=C\C/C=C\C/C=C\C/C=C\CCCCC(=O)OCC(COC(=O)CCCCCCCCCCCC)OC(=O)CCCCCCC/C=C\C/C=C\CCCCC. The quantitative estimate of drug-likeness (QED) is 0.0264. The van der Waals surface area contributed by atoms with Gasteiger partial charge in [0.05, 0.1) is 0 Å². The molecule has 0 fully saturated rings. The van der Waals surface area contributed by atoms with E-state index in [1.54, 1.807) is 0 Å². The highest BCUT2D eigenvalue weighted by Gasteiger charge is 2.19. The number of esters is 3. The van der Waals surface area contributed by atoms with Gasteiger partial charge in [-0.25, -0.2) is 0 Å². The van der Waals surface area contributed by atoms with Crippen LogP contribution in [0.1, 0.15) is 220 Å². The smallest absolute Gasteiger partial charge is 0.306 e. The first-order valence-electron chi connectivity index (χ1n) is 23.9. The van der Waals surface area contributed by atoms with Crippen LogP contribution >= 0.6 is 0 Å². The zero-order valence-electron chi connectivity index (χ0n) is 37.8. The van der Waals surface area contributed by atoms with Crippen LogP contribution in [0.4, 0.5) is 0 Å². The highest BCUT2D eigenvalue weighted by molar-refractivity contribution is 5.71. The second-order valence-corrected chi connectivity index (χ2v) is 15.6. The molecule has 0 aromatic carbocycles. The molecular formula is C52H88O6. The van der Waals surface area contributed by atoms with E-state index in [4.69, 9.17) is 14.2 Å². The Morgan fingerprint density at radius 3 is 1.12 bits per heavy atom. The molecule has 0 aliphatic rings. The van der Waals surface area contributed by atoms with Crippen molar-refractivity contribution in [2.45, 2.75) is 226 Å². The Kier molecular flexibility index (Phi) is 44.0. The van der Waals surface area contributed by atoms with E-state index in [1.807, 2.05) is 0 Å². The van der Waals surface area contributed by atoms with Crippen molar-refractivity contribution in [3.63, 3.8) is 0 Å². The lowest BCUT2D eigenvalue weighted by atomic mass is 10.1. The zero-order chi connectivity index (χ0) is 42.3. The van der Waals surface area contributed by atoms with E-state index in [1.165, 1.54) is 70.6 Å². The van der Waals surface area contributed by atoms with E-state index in [0.717, 1.165) is 109 Å². The van der Waals surface area contributed by atoms with E-state index >= 15 is 0 Å². The maximum atomic E-state index is 12.7. The number of ether oxygens (including phenoxy) is 3. The van der Waals surface area contributed by atoms with Crippen LogP contribution in [0.5, 0.6) is 0 Å². The third kappa shape index (κ3) is 44.0. The second kappa shape index (κ2) is 46.5. The monoisotopic (exact) mass is 809 g/mol. The molecule has 0 radical (unpaired) electrons. The van der Waals surface area contributed by atoms with Gasteiger partial charge in [-0.05, 0) is 89.9 Å².